The number of carbonyl (C=O) groups excluding carboxylic acids is 1. The van der Waals surface area contributed by atoms with E-state index in [1.165, 1.54) is 0 Å². The third-order valence-electron chi connectivity index (χ3n) is 3.11. The van der Waals surface area contributed by atoms with E-state index >= 15 is 0 Å². The monoisotopic (exact) mass is 410 g/mol. The zero-order valence-corrected chi connectivity index (χ0v) is 15.5. The van der Waals surface area contributed by atoms with Gasteiger partial charge in [-0.1, -0.05) is 43.5 Å². The van der Waals surface area contributed by atoms with Crippen molar-refractivity contribution < 1.29 is 13.2 Å². The maximum atomic E-state index is 12.5. The van der Waals surface area contributed by atoms with Crippen LogP contribution < -0.4 is 5.73 Å². The molecule has 0 saturated carbocycles. The highest BCUT2D eigenvalue weighted by atomic mass is 79.9. The zero-order valence-electron chi connectivity index (χ0n) is 12.4. The molecule has 0 heterocycles. The summed E-state index contributed by atoms with van der Waals surface area (Å²) in [5.41, 5.74) is 5.65. The van der Waals surface area contributed by atoms with E-state index < -0.39 is 15.9 Å². The van der Waals surface area contributed by atoms with E-state index in [-0.39, 0.29) is 18.8 Å². The minimum absolute atomic E-state index is 0.259. The maximum absolute atomic E-state index is 12.5. The normalized spacial score (nSPS) is 11.8. The van der Waals surface area contributed by atoms with Gasteiger partial charge in [-0.05, 0) is 34.0 Å². The van der Waals surface area contributed by atoms with Crippen LogP contribution in [0.3, 0.4) is 0 Å². The molecule has 2 N–H and O–H groups in total. The SMILES string of the molecule is CCCCCN(CC(N)=O)S(=O)(=O)Cc1cccc(Br)c1Cl. The Kier molecular flexibility index (Phi) is 7.82. The van der Waals surface area contributed by atoms with Crippen molar-refractivity contribution >= 4 is 43.5 Å². The van der Waals surface area contributed by atoms with Gasteiger partial charge in [0, 0.05) is 11.0 Å². The van der Waals surface area contributed by atoms with Crippen LogP contribution in [0.2, 0.25) is 5.02 Å². The van der Waals surface area contributed by atoms with Crippen LogP contribution in [0.4, 0.5) is 0 Å². The van der Waals surface area contributed by atoms with Gasteiger partial charge in [0.25, 0.3) is 0 Å². The zero-order chi connectivity index (χ0) is 16.8. The number of benzene rings is 1. The highest BCUT2D eigenvalue weighted by Crippen LogP contribution is 2.28. The Hall–Kier alpha value is -0.630. The predicted molar refractivity (Wildman–Crippen MR) is 92.1 cm³/mol. The average molecular weight is 412 g/mol. The molecule has 1 rings (SSSR count). The highest BCUT2D eigenvalue weighted by Gasteiger charge is 2.25. The molecule has 1 amide bonds. The van der Waals surface area contributed by atoms with Crippen molar-refractivity contribution in [3.63, 3.8) is 0 Å². The van der Waals surface area contributed by atoms with Crippen LogP contribution in [0.25, 0.3) is 0 Å². The number of primary amides is 1. The van der Waals surface area contributed by atoms with E-state index in [1.807, 2.05) is 6.92 Å². The summed E-state index contributed by atoms with van der Waals surface area (Å²) in [6, 6.07) is 5.11. The van der Waals surface area contributed by atoms with Crippen molar-refractivity contribution in [1.82, 2.24) is 4.31 Å². The fourth-order valence-electron chi connectivity index (χ4n) is 1.98. The molecule has 8 heteroatoms. The van der Waals surface area contributed by atoms with E-state index in [2.05, 4.69) is 15.9 Å². The largest absolute Gasteiger partial charge is 0.369 e. The van der Waals surface area contributed by atoms with Crippen molar-refractivity contribution in [2.75, 3.05) is 13.1 Å². The number of unbranched alkanes of at least 4 members (excludes halogenated alkanes) is 2. The van der Waals surface area contributed by atoms with Crippen LogP contribution in [-0.4, -0.2) is 31.7 Å². The van der Waals surface area contributed by atoms with E-state index in [0.29, 0.717) is 21.5 Å². The summed E-state index contributed by atoms with van der Waals surface area (Å²) < 4.78 is 26.8. The standard InChI is InChI=1S/C14H20BrClN2O3S/c1-2-3-4-8-18(9-13(17)19)22(20,21)10-11-6-5-7-12(15)14(11)16/h5-7H,2-4,8-10H2,1H3,(H2,17,19). The van der Waals surface area contributed by atoms with Crippen LogP contribution in [0.1, 0.15) is 31.7 Å². The van der Waals surface area contributed by atoms with Crippen molar-refractivity contribution in [2.45, 2.75) is 31.9 Å². The van der Waals surface area contributed by atoms with Gasteiger partial charge >= 0.3 is 0 Å². The number of amides is 1. The molecule has 0 aromatic heterocycles. The highest BCUT2D eigenvalue weighted by molar-refractivity contribution is 9.10. The van der Waals surface area contributed by atoms with Gasteiger partial charge in [0.15, 0.2) is 0 Å². The lowest BCUT2D eigenvalue weighted by molar-refractivity contribution is -0.118. The lowest BCUT2D eigenvalue weighted by Crippen LogP contribution is -2.39. The lowest BCUT2D eigenvalue weighted by atomic mass is 10.2. The summed E-state index contributed by atoms with van der Waals surface area (Å²) in [6.45, 7) is 2.00. The minimum Gasteiger partial charge on any atom is -0.369 e. The third-order valence-corrected chi connectivity index (χ3v) is 6.22. The number of halogens is 2. The molecule has 22 heavy (non-hydrogen) atoms. The van der Waals surface area contributed by atoms with Crippen molar-refractivity contribution in [1.29, 1.82) is 0 Å². The molecule has 0 saturated heterocycles. The first-order chi connectivity index (χ1) is 10.3. The van der Waals surface area contributed by atoms with Crippen LogP contribution in [0, 0.1) is 0 Å². The Balaban J connectivity index is 2.95. The van der Waals surface area contributed by atoms with Gasteiger partial charge in [0.05, 0.1) is 17.3 Å². The molecule has 1 aromatic carbocycles. The van der Waals surface area contributed by atoms with Crippen LogP contribution >= 0.6 is 27.5 Å². The van der Waals surface area contributed by atoms with Gasteiger partial charge in [-0.2, -0.15) is 4.31 Å². The van der Waals surface area contributed by atoms with Gasteiger partial charge in [0.1, 0.15) is 0 Å². The molecule has 0 atom stereocenters. The summed E-state index contributed by atoms with van der Waals surface area (Å²) in [4.78, 5) is 11.1. The maximum Gasteiger partial charge on any atom is 0.232 e. The fraction of sp³-hybridized carbons (Fsp3) is 0.500. The Labute approximate surface area is 145 Å². The molecule has 5 nitrogen and oxygen atoms in total. The predicted octanol–water partition coefficient (Wildman–Crippen LogP) is 2.91. The van der Waals surface area contributed by atoms with Gasteiger partial charge in [-0.3, -0.25) is 4.79 Å². The summed E-state index contributed by atoms with van der Waals surface area (Å²) in [5.74, 6) is -0.926. The van der Waals surface area contributed by atoms with Crippen molar-refractivity contribution in [3.8, 4) is 0 Å². The molecular formula is C14H20BrClN2O3S. The molecule has 0 spiro atoms. The quantitative estimate of drug-likeness (QED) is 0.634. The molecule has 0 aliphatic heterocycles. The molecular weight excluding hydrogens is 392 g/mol. The van der Waals surface area contributed by atoms with Crippen molar-refractivity contribution in [2.24, 2.45) is 5.73 Å². The summed E-state index contributed by atoms with van der Waals surface area (Å²) in [5, 5.41) is 0.360. The van der Waals surface area contributed by atoms with Gasteiger partial charge < -0.3 is 5.73 Å². The molecule has 0 aliphatic rings. The van der Waals surface area contributed by atoms with E-state index in [0.717, 1.165) is 17.1 Å². The Morgan fingerprint density at radius 1 is 1.36 bits per heavy atom. The van der Waals surface area contributed by atoms with Gasteiger partial charge in [-0.25, -0.2) is 8.42 Å². The summed E-state index contributed by atoms with van der Waals surface area (Å²) >= 11 is 9.38. The first-order valence-electron chi connectivity index (χ1n) is 6.97. The average Bonchev–Trinajstić information content (AvgIpc) is 2.42. The molecule has 0 radical (unpaired) electrons. The van der Waals surface area contributed by atoms with Gasteiger partial charge in [-0.15, -0.1) is 0 Å². The Morgan fingerprint density at radius 2 is 2.05 bits per heavy atom. The topological polar surface area (TPSA) is 80.5 Å². The van der Waals surface area contributed by atoms with Crippen LogP contribution in [0.15, 0.2) is 22.7 Å². The summed E-state index contributed by atoms with van der Waals surface area (Å²) in [6.07, 6.45) is 2.54. The Morgan fingerprint density at radius 3 is 2.64 bits per heavy atom. The van der Waals surface area contributed by atoms with E-state index in [9.17, 15) is 13.2 Å². The molecule has 0 bridgehead atoms. The number of sulfonamides is 1. The smallest absolute Gasteiger partial charge is 0.232 e. The lowest BCUT2D eigenvalue weighted by Gasteiger charge is -2.21. The first-order valence-corrected chi connectivity index (χ1v) is 9.75. The second-order valence-electron chi connectivity index (χ2n) is 4.98. The number of carbonyl (C=O) groups is 1. The molecule has 0 fully saturated rings. The second-order valence-corrected chi connectivity index (χ2v) is 8.18. The van der Waals surface area contributed by atoms with Crippen molar-refractivity contribution in [3.05, 3.63) is 33.3 Å². The minimum atomic E-state index is -3.66. The molecule has 1 aromatic rings. The number of hydrogen-bond acceptors (Lipinski definition) is 3. The molecule has 0 aliphatic carbocycles. The number of nitrogens with zero attached hydrogens (tertiary/aromatic N) is 1. The molecule has 124 valence electrons. The summed E-state index contributed by atoms with van der Waals surface area (Å²) in [7, 11) is -3.66. The van der Waals surface area contributed by atoms with Gasteiger partial charge in [0.2, 0.25) is 15.9 Å². The van der Waals surface area contributed by atoms with Crippen LogP contribution in [0.5, 0.6) is 0 Å². The number of nitrogens with two attached hydrogens (primary N) is 1. The van der Waals surface area contributed by atoms with E-state index in [4.69, 9.17) is 17.3 Å². The molecule has 0 unspecified atom stereocenters. The fourth-order valence-corrected chi connectivity index (χ4v) is 4.20. The Bertz CT molecular complexity index is 623. The first kappa shape index (κ1) is 19.4. The number of rotatable bonds is 9. The third kappa shape index (κ3) is 5.87. The van der Waals surface area contributed by atoms with E-state index in [1.54, 1.807) is 18.2 Å². The second kappa shape index (κ2) is 8.86. The van der Waals surface area contributed by atoms with Crippen LogP contribution in [-0.2, 0) is 20.6 Å². The number of hydrogen-bond donors (Lipinski definition) is 1.